The van der Waals surface area contributed by atoms with E-state index < -0.39 is 0 Å². The molecule has 1 N–H and O–H groups in total. The summed E-state index contributed by atoms with van der Waals surface area (Å²) in [5, 5.41) is 10.1. The molecule has 0 spiro atoms. The van der Waals surface area contributed by atoms with Crippen molar-refractivity contribution in [2.75, 3.05) is 13.2 Å². The second-order valence-electron chi connectivity index (χ2n) is 5.86. The van der Waals surface area contributed by atoms with Gasteiger partial charge in [0.25, 0.3) is 0 Å². The number of nitriles is 1. The first-order chi connectivity index (χ1) is 12.1. The Kier molecular flexibility index (Phi) is 3.98. The van der Waals surface area contributed by atoms with Crippen molar-refractivity contribution in [3.8, 4) is 17.6 Å². The molecule has 1 aliphatic heterocycles. The van der Waals surface area contributed by atoms with Crippen molar-refractivity contribution < 1.29 is 9.47 Å². The predicted octanol–water partition coefficient (Wildman–Crippen LogP) is 3.51. The Morgan fingerprint density at radius 3 is 2.68 bits per heavy atom. The van der Waals surface area contributed by atoms with Crippen LogP contribution in [-0.2, 0) is 5.75 Å². The molecule has 0 fully saturated rings. The number of hydrogen-bond acceptors (Lipinski definition) is 6. The summed E-state index contributed by atoms with van der Waals surface area (Å²) in [5.74, 6) is 2.90. The lowest BCUT2D eigenvalue weighted by molar-refractivity contribution is 0.172. The van der Waals surface area contributed by atoms with Gasteiger partial charge in [0.1, 0.15) is 30.1 Å². The van der Waals surface area contributed by atoms with E-state index in [9.17, 15) is 5.26 Å². The number of hydrogen-bond donors (Lipinski definition) is 1. The number of benzene rings is 1. The molecule has 0 unspecified atom stereocenters. The Balaban J connectivity index is 1.61. The van der Waals surface area contributed by atoms with E-state index in [1.165, 1.54) is 11.8 Å². The van der Waals surface area contributed by atoms with Crippen molar-refractivity contribution >= 4 is 22.8 Å². The molecule has 2 aromatic heterocycles. The van der Waals surface area contributed by atoms with E-state index in [1.54, 1.807) is 0 Å². The molecule has 0 atom stereocenters. The smallest absolute Gasteiger partial charge is 0.163 e. The summed E-state index contributed by atoms with van der Waals surface area (Å²) < 4.78 is 11.2. The highest BCUT2D eigenvalue weighted by Crippen LogP contribution is 2.34. The number of H-pyrrole nitrogens is 1. The molecule has 7 heteroatoms. The summed E-state index contributed by atoms with van der Waals surface area (Å²) in [4.78, 5) is 12.4. The Hall–Kier alpha value is -2.72. The number of nitrogens with zero attached hydrogens (tertiary/aromatic N) is 3. The molecule has 4 rings (SSSR count). The first-order valence-corrected chi connectivity index (χ1v) is 8.92. The van der Waals surface area contributed by atoms with E-state index in [-0.39, 0.29) is 0 Å². The van der Waals surface area contributed by atoms with Gasteiger partial charge in [-0.05, 0) is 25.5 Å². The fourth-order valence-electron chi connectivity index (χ4n) is 2.85. The molecule has 0 amide bonds. The fraction of sp³-hybridized carbons (Fsp3) is 0.278. The van der Waals surface area contributed by atoms with Gasteiger partial charge >= 0.3 is 0 Å². The fourth-order valence-corrected chi connectivity index (χ4v) is 3.82. The molecule has 0 bridgehead atoms. The van der Waals surface area contributed by atoms with E-state index >= 15 is 0 Å². The SMILES string of the molecule is Cc1cc(C)c(C#N)c(SCc2nc3cc4c(cc3[nH]2)OCCO4)n1. The van der Waals surface area contributed by atoms with Crippen LogP contribution in [0, 0.1) is 25.2 Å². The topological polar surface area (TPSA) is 83.8 Å². The molecule has 0 radical (unpaired) electrons. The van der Waals surface area contributed by atoms with Gasteiger partial charge in [-0.2, -0.15) is 5.26 Å². The summed E-state index contributed by atoms with van der Waals surface area (Å²) >= 11 is 1.51. The quantitative estimate of drug-likeness (QED) is 0.726. The number of aromatic nitrogens is 3. The Morgan fingerprint density at radius 2 is 1.92 bits per heavy atom. The van der Waals surface area contributed by atoms with Crippen LogP contribution in [0.3, 0.4) is 0 Å². The highest BCUT2D eigenvalue weighted by molar-refractivity contribution is 7.98. The number of pyridine rings is 1. The molecule has 3 heterocycles. The van der Waals surface area contributed by atoms with Crippen molar-refractivity contribution in [3.05, 3.63) is 40.8 Å². The zero-order chi connectivity index (χ0) is 17.4. The number of rotatable bonds is 3. The van der Waals surface area contributed by atoms with Crippen LogP contribution in [0.4, 0.5) is 0 Å². The van der Waals surface area contributed by atoms with Gasteiger partial charge in [-0.15, -0.1) is 0 Å². The number of aromatic amines is 1. The van der Waals surface area contributed by atoms with Crippen LogP contribution < -0.4 is 9.47 Å². The van der Waals surface area contributed by atoms with Crippen molar-refractivity contribution in [1.82, 2.24) is 15.0 Å². The average molecular weight is 352 g/mol. The second kappa shape index (κ2) is 6.30. The monoisotopic (exact) mass is 352 g/mol. The standard InChI is InChI=1S/C18H16N4O2S/c1-10-5-11(2)20-18(12(10)8-19)25-9-17-21-13-6-15-16(7-14(13)22-17)24-4-3-23-15/h5-7H,3-4,9H2,1-2H3,(H,21,22). The van der Waals surface area contributed by atoms with Gasteiger partial charge in [0.05, 0.1) is 22.3 Å². The van der Waals surface area contributed by atoms with Crippen molar-refractivity contribution in [2.24, 2.45) is 0 Å². The summed E-state index contributed by atoms with van der Waals surface area (Å²) in [6.07, 6.45) is 0. The van der Waals surface area contributed by atoms with Gasteiger partial charge in [-0.3, -0.25) is 0 Å². The van der Waals surface area contributed by atoms with E-state index in [0.717, 1.165) is 44.6 Å². The van der Waals surface area contributed by atoms with Gasteiger partial charge in [0.2, 0.25) is 0 Å². The molecule has 126 valence electrons. The maximum absolute atomic E-state index is 9.37. The van der Waals surface area contributed by atoms with Crippen molar-refractivity contribution in [1.29, 1.82) is 5.26 Å². The Morgan fingerprint density at radius 1 is 1.16 bits per heavy atom. The van der Waals surface area contributed by atoms with Crippen LogP contribution in [0.25, 0.3) is 11.0 Å². The van der Waals surface area contributed by atoms with Gasteiger partial charge in [0.15, 0.2) is 11.5 Å². The molecule has 0 saturated carbocycles. The summed E-state index contributed by atoms with van der Waals surface area (Å²) in [5.41, 5.74) is 4.24. The van der Waals surface area contributed by atoms with Crippen LogP contribution >= 0.6 is 11.8 Å². The molecule has 1 aliphatic rings. The van der Waals surface area contributed by atoms with Gasteiger partial charge < -0.3 is 14.5 Å². The maximum Gasteiger partial charge on any atom is 0.163 e. The molecule has 0 aliphatic carbocycles. The van der Waals surface area contributed by atoms with Crippen LogP contribution in [-0.4, -0.2) is 28.2 Å². The minimum atomic E-state index is 0.557. The van der Waals surface area contributed by atoms with Gasteiger partial charge in [-0.1, -0.05) is 11.8 Å². The van der Waals surface area contributed by atoms with Crippen molar-refractivity contribution in [3.63, 3.8) is 0 Å². The Labute approximate surface area is 149 Å². The van der Waals surface area contributed by atoms with Crippen LogP contribution in [0.1, 0.15) is 22.6 Å². The third-order valence-electron chi connectivity index (χ3n) is 3.96. The zero-order valence-electron chi connectivity index (χ0n) is 13.9. The van der Waals surface area contributed by atoms with Crippen LogP contribution in [0.5, 0.6) is 11.5 Å². The first-order valence-electron chi connectivity index (χ1n) is 7.93. The summed E-state index contributed by atoms with van der Waals surface area (Å²) in [6.45, 7) is 4.98. The lowest BCUT2D eigenvalue weighted by Gasteiger charge is -2.17. The number of imidazole rings is 1. The normalized spacial score (nSPS) is 13.0. The summed E-state index contributed by atoms with van der Waals surface area (Å²) in [6, 6.07) is 7.98. The number of fused-ring (bicyclic) bond motifs is 2. The zero-order valence-corrected chi connectivity index (χ0v) is 14.7. The number of aryl methyl sites for hydroxylation is 2. The number of ether oxygens (including phenoxy) is 2. The van der Waals surface area contributed by atoms with Gasteiger partial charge in [-0.25, -0.2) is 9.97 Å². The lowest BCUT2D eigenvalue weighted by atomic mass is 10.1. The molecular weight excluding hydrogens is 336 g/mol. The predicted molar refractivity (Wildman–Crippen MR) is 95.1 cm³/mol. The third kappa shape index (κ3) is 3.01. The minimum absolute atomic E-state index is 0.557. The molecule has 3 aromatic rings. The van der Waals surface area contributed by atoms with Crippen LogP contribution in [0.2, 0.25) is 0 Å². The first kappa shape index (κ1) is 15.8. The van der Waals surface area contributed by atoms with E-state index in [4.69, 9.17) is 9.47 Å². The maximum atomic E-state index is 9.37. The van der Waals surface area contributed by atoms with E-state index in [0.29, 0.717) is 24.5 Å². The average Bonchev–Trinajstić information content (AvgIpc) is 2.99. The van der Waals surface area contributed by atoms with Crippen LogP contribution in [0.15, 0.2) is 23.2 Å². The number of thioether (sulfide) groups is 1. The summed E-state index contributed by atoms with van der Waals surface area (Å²) in [7, 11) is 0. The minimum Gasteiger partial charge on any atom is -0.486 e. The second-order valence-corrected chi connectivity index (χ2v) is 6.82. The third-order valence-corrected chi connectivity index (χ3v) is 4.95. The molecule has 0 saturated heterocycles. The Bertz CT molecular complexity index is 963. The molecule has 6 nitrogen and oxygen atoms in total. The largest absolute Gasteiger partial charge is 0.486 e. The van der Waals surface area contributed by atoms with Gasteiger partial charge in [0, 0.05) is 17.8 Å². The number of nitrogens with one attached hydrogen (secondary N) is 1. The molecular formula is C18H16N4O2S. The highest BCUT2D eigenvalue weighted by Gasteiger charge is 2.16. The molecule has 1 aromatic carbocycles. The van der Waals surface area contributed by atoms with E-state index in [1.807, 2.05) is 32.0 Å². The van der Waals surface area contributed by atoms with E-state index in [2.05, 4.69) is 21.0 Å². The molecule has 25 heavy (non-hydrogen) atoms. The highest BCUT2D eigenvalue weighted by atomic mass is 32.2. The lowest BCUT2D eigenvalue weighted by Crippen LogP contribution is -2.15. The van der Waals surface area contributed by atoms with Crippen molar-refractivity contribution in [2.45, 2.75) is 24.6 Å².